The fourth-order valence-corrected chi connectivity index (χ4v) is 0.839. The highest BCUT2D eigenvalue weighted by Crippen LogP contribution is 1.97. The second-order valence-corrected chi connectivity index (χ2v) is 2.55. The summed E-state index contributed by atoms with van der Waals surface area (Å²) in [5.74, 6) is 0. The van der Waals surface area contributed by atoms with Crippen LogP contribution in [0.15, 0.2) is 4.99 Å². The Balaban J connectivity index is 2.94. The van der Waals surface area contributed by atoms with Crippen molar-refractivity contribution in [3.05, 3.63) is 0 Å². The Kier molecular flexibility index (Phi) is 8.78. The number of aldehydes is 1. The van der Waals surface area contributed by atoms with E-state index >= 15 is 0 Å². The second-order valence-electron chi connectivity index (χ2n) is 2.55. The van der Waals surface area contributed by atoms with Gasteiger partial charge in [0.15, 0.2) is 0 Å². The Morgan fingerprint density at radius 2 is 2.09 bits per heavy atom. The van der Waals surface area contributed by atoms with Crippen molar-refractivity contribution in [1.29, 1.82) is 0 Å². The maximum absolute atomic E-state index is 9.85. The topological polar surface area (TPSA) is 29.4 Å². The molecule has 2 nitrogen and oxygen atoms in total. The van der Waals surface area contributed by atoms with Crippen molar-refractivity contribution in [2.45, 2.75) is 39.0 Å². The van der Waals surface area contributed by atoms with E-state index < -0.39 is 0 Å². The summed E-state index contributed by atoms with van der Waals surface area (Å²) in [4.78, 5) is 13.9. The third-order valence-electron chi connectivity index (χ3n) is 1.47. The van der Waals surface area contributed by atoms with Crippen molar-refractivity contribution in [2.24, 2.45) is 4.99 Å². The molecular weight excluding hydrogens is 138 g/mol. The van der Waals surface area contributed by atoms with Crippen molar-refractivity contribution >= 4 is 12.5 Å². The third kappa shape index (κ3) is 9.34. The molecule has 2 heteroatoms. The number of carbonyl (C=O) groups excluding carboxylic acids is 1. The van der Waals surface area contributed by atoms with Crippen LogP contribution in [0.1, 0.15) is 39.0 Å². The Hall–Kier alpha value is -0.660. The van der Waals surface area contributed by atoms with E-state index in [9.17, 15) is 4.79 Å². The predicted molar refractivity (Wildman–Crippen MR) is 48.2 cm³/mol. The molecule has 0 fully saturated rings. The Bertz CT molecular complexity index is 110. The van der Waals surface area contributed by atoms with Crippen LogP contribution in [0.25, 0.3) is 0 Å². The van der Waals surface area contributed by atoms with Gasteiger partial charge in [0.2, 0.25) is 0 Å². The van der Waals surface area contributed by atoms with Crippen LogP contribution in [0.5, 0.6) is 0 Å². The summed E-state index contributed by atoms with van der Waals surface area (Å²) < 4.78 is 0. The lowest BCUT2D eigenvalue weighted by Gasteiger charge is -1.93. The van der Waals surface area contributed by atoms with Crippen molar-refractivity contribution in [2.75, 3.05) is 6.54 Å². The SMILES string of the molecule is CCCCCCN=CCC=O. The van der Waals surface area contributed by atoms with Gasteiger partial charge in [-0.1, -0.05) is 26.2 Å². The summed E-state index contributed by atoms with van der Waals surface area (Å²) in [7, 11) is 0. The first-order chi connectivity index (χ1) is 5.41. The van der Waals surface area contributed by atoms with Crippen LogP contribution >= 0.6 is 0 Å². The van der Waals surface area contributed by atoms with Crippen LogP contribution in [-0.4, -0.2) is 19.0 Å². The van der Waals surface area contributed by atoms with Gasteiger partial charge in [0.25, 0.3) is 0 Å². The molecule has 64 valence electrons. The summed E-state index contributed by atoms with van der Waals surface area (Å²) in [5, 5.41) is 0. The lowest BCUT2D eigenvalue weighted by Crippen LogP contribution is -1.83. The Morgan fingerprint density at radius 3 is 2.73 bits per heavy atom. The van der Waals surface area contributed by atoms with Gasteiger partial charge < -0.3 is 4.79 Å². The molecule has 0 bridgehead atoms. The molecule has 0 N–H and O–H groups in total. The lowest BCUT2D eigenvalue weighted by atomic mass is 10.2. The minimum absolute atomic E-state index is 0.466. The largest absolute Gasteiger partial charge is 0.303 e. The summed E-state index contributed by atoms with van der Waals surface area (Å²) in [6, 6.07) is 0. The molecule has 0 aromatic rings. The average molecular weight is 155 g/mol. The summed E-state index contributed by atoms with van der Waals surface area (Å²) in [5.41, 5.74) is 0. The maximum Gasteiger partial charge on any atom is 0.125 e. The molecule has 0 aromatic carbocycles. The van der Waals surface area contributed by atoms with Crippen molar-refractivity contribution in [3.63, 3.8) is 0 Å². The van der Waals surface area contributed by atoms with Crippen LogP contribution < -0.4 is 0 Å². The molecule has 0 aromatic heterocycles. The van der Waals surface area contributed by atoms with E-state index in [1.165, 1.54) is 19.3 Å². The minimum atomic E-state index is 0.466. The molecule has 0 saturated heterocycles. The standard InChI is InChI=1S/C9H17NO/c1-2-3-4-5-7-10-8-6-9-11/h8-9H,2-7H2,1H3. The molecular formula is C9H17NO. The van der Waals surface area contributed by atoms with Crippen LogP contribution in [0.3, 0.4) is 0 Å². The number of carbonyl (C=O) groups is 1. The molecule has 0 rings (SSSR count). The molecule has 0 spiro atoms. The molecule has 0 radical (unpaired) electrons. The number of nitrogens with zero attached hydrogens (tertiary/aromatic N) is 1. The fraction of sp³-hybridized carbons (Fsp3) is 0.778. The molecule has 0 amide bonds. The number of rotatable bonds is 7. The lowest BCUT2D eigenvalue weighted by molar-refractivity contribution is -0.106. The van der Waals surface area contributed by atoms with E-state index in [-0.39, 0.29) is 0 Å². The van der Waals surface area contributed by atoms with Crippen LogP contribution in [-0.2, 0) is 4.79 Å². The van der Waals surface area contributed by atoms with E-state index in [0.717, 1.165) is 19.3 Å². The van der Waals surface area contributed by atoms with Crippen LogP contribution in [0.4, 0.5) is 0 Å². The third-order valence-corrected chi connectivity index (χ3v) is 1.47. The predicted octanol–water partition coefficient (Wildman–Crippen LogP) is 2.23. The maximum atomic E-state index is 9.85. The van der Waals surface area contributed by atoms with E-state index in [4.69, 9.17) is 0 Å². The summed E-state index contributed by atoms with van der Waals surface area (Å²) >= 11 is 0. The zero-order valence-corrected chi connectivity index (χ0v) is 7.25. The van der Waals surface area contributed by atoms with Crippen LogP contribution in [0, 0.1) is 0 Å². The molecule has 0 aliphatic heterocycles. The quantitative estimate of drug-likeness (QED) is 0.315. The number of unbranched alkanes of at least 4 members (excludes halogenated alkanes) is 3. The monoisotopic (exact) mass is 155 g/mol. The van der Waals surface area contributed by atoms with E-state index in [0.29, 0.717) is 6.42 Å². The van der Waals surface area contributed by atoms with Crippen molar-refractivity contribution in [1.82, 2.24) is 0 Å². The fourth-order valence-electron chi connectivity index (χ4n) is 0.839. The van der Waals surface area contributed by atoms with E-state index in [1.807, 2.05) is 0 Å². The Morgan fingerprint density at radius 1 is 1.27 bits per heavy atom. The van der Waals surface area contributed by atoms with Gasteiger partial charge in [0, 0.05) is 19.2 Å². The molecule has 11 heavy (non-hydrogen) atoms. The molecule has 0 atom stereocenters. The highest BCUT2D eigenvalue weighted by Gasteiger charge is 1.83. The first kappa shape index (κ1) is 10.3. The molecule has 0 saturated carbocycles. The smallest absolute Gasteiger partial charge is 0.125 e. The minimum Gasteiger partial charge on any atom is -0.303 e. The van der Waals surface area contributed by atoms with E-state index in [2.05, 4.69) is 11.9 Å². The van der Waals surface area contributed by atoms with Gasteiger partial charge in [-0.05, 0) is 6.42 Å². The highest BCUT2D eigenvalue weighted by molar-refractivity contribution is 5.75. The van der Waals surface area contributed by atoms with Crippen molar-refractivity contribution in [3.8, 4) is 0 Å². The van der Waals surface area contributed by atoms with Gasteiger partial charge in [-0.3, -0.25) is 4.99 Å². The number of hydrogen-bond donors (Lipinski definition) is 0. The molecule has 0 unspecified atom stereocenters. The van der Waals surface area contributed by atoms with Gasteiger partial charge in [0.1, 0.15) is 6.29 Å². The first-order valence-electron chi connectivity index (χ1n) is 4.33. The normalized spacial score (nSPS) is 10.6. The average Bonchev–Trinajstić information content (AvgIpc) is 2.03. The van der Waals surface area contributed by atoms with E-state index in [1.54, 1.807) is 6.21 Å². The van der Waals surface area contributed by atoms with Gasteiger partial charge in [-0.25, -0.2) is 0 Å². The highest BCUT2D eigenvalue weighted by atomic mass is 16.1. The molecule has 0 aliphatic rings. The van der Waals surface area contributed by atoms with Gasteiger partial charge in [-0.15, -0.1) is 0 Å². The number of hydrogen-bond acceptors (Lipinski definition) is 2. The zero-order valence-electron chi connectivity index (χ0n) is 7.25. The van der Waals surface area contributed by atoms with Crippen molar-refractivity contribution < 1.29 is 4.79 Å². The van der Waals surface area contributed by atoms with Crippen LogP contribution in [0.2, 0.25) is 0 Å². The van der Waals surface area contributed by atoms with Gasteiger partial charge in [-0.2, -0.15) is 0 Å². The molecule has 0 aliphatic carbocycles. The first-order valence-corrected chi connectivity index (χ1v) is 4.33. The summed E-state index contributed by atoms with van der Waals surface area (Å²) in [6.45, 7) is 3.07. The van der Waals surface area contributed by atoms with Gasteiger partial charge in [0.05, 0.1) is 0 Å². The van der Waals surface area contributed by atoms with Gasteiger partial charge >= 0.3 is 0 Å². The second kappa shape index (κ2) is 9.34. The number of aliphatic imine (C=N–C) groups is 1. The molecule has 0 heterocycles. The zero-order chi connectivity index (χ0) is 8.36. The summed E-state index contributed by atoms with van der Waals surface area (Å²) in [6.07, 6.45) is 8.00. The Labute approximate surface area is 68.7 Å².